The molecule has 0 atom stereocenters. The van der Waals surface area contributed by atoms with Crippen LogP contribution >= 0.6 is 11.5 Å². The molecule has 0 aliphatic carbocycles. The van der Waals surface area contributed by atoms with E-state index < -0.39 is 11.9 Å². The maximum absolute atomic E-state index is 11.6. The molecule has 6 nitrogen and oxygen atoms in total. The molecule has 0 saturated heterocycles. The molecule has 7 heteroatoms. The topological polar surface area (TPSA) is 96.7 Å². The van der Waals surface area contributed by atoms with Gasteiger partial charge in [0.05, 0.1) is 0 Å². The Kier molecular flexibility index (Phi) is 3.24. The van der Waals surface area contributed by atoms with Gasteiger partial charge >= 0.3 is 11.9 Å². The van der Waals surface area contributed by atoms with E-state index in [9.17, 15) is 14.7 Å². The molecule has 2 N–H and O–H groups in total. The van der Waals surface area contributed by atoms with Crippen LogP contribution in [0.5, 0.6) is 11.5 Å². The van der Waals surface area contributed by atoms with Crippen molar-refractivity contribution in [3.63, 3.8) is 0 Å². The van der Waals surface area contributed by atoms with Gasteiger partial charge in [-0.25, -0.2) is 9.59 Å². The third-order valence-corrected chi connectivity index (χ3v) is 2.78. The lowest BCUT2D eigenvalue weighted by Gasteiger charge is -2.03. The number of para-hydroxylation sites is 2. The molecule has 0 radical (unpaired) electrons. The third kappa shape index (κ3) is 2.46. The number of phenolic OH excluding ortho intramolecular Hbond substituents is 1. The first-order chi connectivity index (χ1) is 8.58. The quantitative estimate of drug-likeness (QED) is 0.648. The first-order valence-corrected chi connectivity index (χ1v) is 5.55. The van der Waals surface area contributed by atoms with Gasteiger partial charge in [-0.05, 0) is 29.7 Å². The predicted molar refractivity (Wildman–Crippen MR) is 62.1 cm³/mol. The fourth-order valence-corrected chi connectivity index (χ4v) is 1.73. The Morgan fingerprint density at radius 3 is 2.61 bits per heavy atom. The molecule has 0 amide bonds. The average Bonchev–Trinajstić information content (AvgIpc) is 2.81. The molecule has 0 unspecified atom stereocenters. The highest BCUT2D eigenvalue weighted by atomic mass is 32.1. The Balaban J connectivity index is 2.17. The largest absolute Gasteiger partial charge is 0.504 e. The van der Waals surface area contributed by atoms with Gasteiger partial charge in [-0.2, -0.15) is 4.37 Å². The number of carbonyl (C=O) groups excluding carboxylic acids is 1. The first kappa shape index (κ1) is 12.1. The van der Waals surface area contributed by atoms with E-state index in [2.05, 4.69) is 4.37 Å². The number of carbonyl (C=O) groups is 2. The molecule has 2 aromatic rings. The van der Waals surface area contributed by atoms with Crippen molar-refractivity contribution < 1.29 is 24.5 Å². The lowest BCUT2D eigenvalue weighted by Crippen LogP contribution is -2.08. The van der Waals surface area contributed by atoms with Crippen molar-refractivity contribution in [2.45, 2.75) is 0 Å². The van der Waals surface area contributed by atoms with Gasteiger partial charge in [0.15, 0.2) is 17.2 Å². The minimum Gasteiger partial charge on any atom is -0.504 e. The highest BCUT2D eigenvalue weighted by molar-refractivity contribution is 7.08. The van der Waals surface area contributed by atoms with Crippen LogP contribution in [0.4, 0.5) is 0 Å². The summed E-state index contributed by atoms with van der Waals surface area (Å²) in [6, 6.07) is 7.07. The van der Waals surface area contributed by atoms with Crippen LogP contribution in [0.2, 0.25) is 0 Å². The molecule has 2 rings (SSSR count). The van der Waals surface area contributed by atoms with Crippen LogP contribution in [-0.2, 0) is 0 Å². The highest BCUT2D eigenvalue weighted by Crippen LogP contribution is 2.25. The number of aromatic hydroxyl groups is 1. The van der Waals surface area contributed by atoms with Crippen LogP contribution in [0.1, 0.15) is 20.2 Å². The molecular weight excluding hydrogens is 258 g/mol. The number of aromatic carboxylic acids is 1. The molecule has 0 aliphatic rings. The van der Waals surface area contributed by atoms with Crippen LogP contribution in [0.15, 0.2) is 30.3 Å². The molecule has 18 heavy (non-hydrogen) atoms. The number of aromatic nitrogens is 1. The molecule has 1 heterocycles. The number of phenols is 1. The van der Waals surface area contributed by atoms with Gasteiger partial charge in [0.2, 0.25) is 0 Å². The van der Waals surface area contributed by atoms with Gasteiger partial charge in [-0.1, -0.05) is 12.1 Å². The van der Waals surface area contributed by atoms with Crippen molar-refractivity contribution >= 4 is 23.5 Å². The fourth-order valence-electron chi connectivity index (χ4n) is 1.17. The van der Waals surface area contributed by atoms with Crippen LogP contribution in [-0.4, -0.2) is 26.5 Å². The van der Waals surface area contributed by atoms with E-state index in [1.165, 1.54) is 12.1 Å². The lowest BCUT2D eigenvalue weighted by molar-refractivity contribution is 0.0702. The lowest BCUT2D eigenvalue weighted by atomic mass is 10.3. The average molecular weight is 265 g/mol. The van der Waals surface area contributed by atoms with Crippen LogP contribution in [0, 0.1) is 0 Å². The molecule has 0 saturated carbocycles. The predicted octanol–water partition coefficient (Wildman–Crippen LogP) is 1.77. The Labute approximate surface area is 105 Å². The van der Waals surface area contributed by atoms with Crippen LogP contribution < -0.4 is 4.74 Å². The molecule has 92 valence electrons. The Hall–Kier alpha value is -2.41. The molecular formula is C11H7NO5S. The van der Waals surface area contributed by atoms with Gasteiger partial charge in [-0.3, -0.25) is 0 Å². The summed E-state index contributed by atoms with van der Waals surface area (Å²) in [6.45, 7) is 0. The monoisotopic (exact) mass is 265 g/mol. The number of ether oxygens (including phenoxy) is 1. The molecule has 1 aromatic heterocycles. The molecule has 0 spiro atoms. The zero-order chi connectivity index (χ0) is 13.1. The second kappa shape index (κ2) is 4.84. The summed E-state index contributed by atoms with van der Waals surface area (Å²) in [7, 11) is 0. The number of nitrogens with zero attached hydrogens (tertiary/aromatic N) is 1. The molecule has 0 bridgehead atoms. The van der Waals surface area contributed by atoms with Gasteiger partial charge in [-0.15, -0.1) is 0 Å². The van der Waals surface area contributed by atoms with E-state index in [1.807, 2.05) is 0 Å². The van der Waals surface area contributed by atoms with Crippen molar-refractivity contribution in [2.75, 3.05) is 0 Å². The maximum Gasteiger partial charge on any atom is 0.363 e. The minimum absolute atomic E-state index is 0.00706. The summed E-state index contributed by atoms with van der Waals surface area (Å²) in [5, 5.41) is 18.1. The summed E-state index contributed by atoms with van der Waals surface area (Å²) in [4.78, 5) is 22.2. The molecule has 1 aromatic carbocycles. The Morgan fingerprint density at radius 1 is 1.28 bits per heavy atom. The summed E-state index contributed by atoms with van der Waals surface area (Å²) in [5.74, 6) is -2.17. The van der Waals surface area contributed by atoms with E-state index in [1.54, 1.807) is 12.1 Å². The number of carboxylic acids is 1. The Morgan fingerprint density at radius 2 is 2.00 bits per heavy atom. The van der Waals surface area contributed by atoms with Crippen LogP contribution in [0.3, 0.4) is 0 Å². The van der Waals surface area contributed by atoms with Gasteiger partial charge in [0.25, 0.3) is 0 Å². The number of rotatable bonds is 3. The third-order valence-electron chi connectivity index (χ3n) is 2.00. The highest BCUT2D eigenvalue weighted by Gasteiger charge is 2.17. The van der Waals surface area contributed by atoms with Crippen molar-refractivity contribution in [3.8, 4) is 11.5 Å². The van der Waals surface area contributed by atoms with Crippen LogP contribution in [0.25, 0.3) is 0 Å². The maximum atomic E-state index is 11.6. The van der Waals surface area contributed by atoms with E-state index in [4.69, 9.17) is 9.84 Å². The van der Waals surface area contributed by atoms with Crippen molar-refractivity contribution in [2.24, 2.45) is 0 Å². The second-order valence-electron chi connectivity index (χ2n) is 3.24. The van der Waals surface area contributed by atoms with E-state index in [0.29, 0.717) is 11.5 Å². The molecule has 0 fully saturated rings. The summed E-state index contributed by atoms with van der Waals surface area (Å²) in [5.41, 5.74) is -0.111. The van der Waals surface area contributed by atoms with Crippen molar-refractivity contribution in [1.29, 1.82) is 0 Å². The minimum atomic E-state index is -1.16. The smallest absolute Gasteiger partial charge is 0.363 e. The van der Waals surface area contributed by atoms with E-state index in [0.717, 1.165) is 6.07 Å². The SMILES string of the molecule is O=C(Oc1ccccc1O)c1cc(C(=O)O)sn1. The second-order valence-corrected chi connectivity index (χ2v) is 4.04. The van der Waals surface area contributed by atoms with E-state index >= 15 is 0 Å². The summed E-state index contributed by atoms with van der Waals surface area (Å²) >= 11 is 0.688. The van der Waals surface area contributed by atoms with E-state index in [-0.39, 0.29) is 22.1 Å². The number of hydrogen-bond acceptors (Lipinski definition) is 6. The Bertz CT molecular complexity index is 607. The van der Waals surface area contributed by atoms with Crippen molar-refractivity contribution in [3.05, 3.63) is 40.9 Å². The normalized spacial score (nSPS) is 10.0. The number of esters is 1. The number of carboxylic acid groups (broad SMARTS) is 1. The van der Waals surface area contributed by atoms with Gasteiger partial charge < -0.3 is 14.9 Å². The van der Waals surface area contributed by atoms with Gasteiger partial charge in [0.1, 0.15) is 4.88 Å². The standard InChI is InChI=1S/C11H7NO5S/c13-7-3-1-2-4-8(7)17-11(16)6-5-9(10(14)15)18-12-6/h1-5,13H,(H,14,15). The zero-order valence-corrected chi connectivity index (χ0v) is 9.68. The van der Waals surface area contributed by atoms with Crippen molar-refractivity contribution in [1.82, 2.24) is 4.37 Å². The van der Waals surface area contributed by atoms with Gasteiger partial charge in [0, 0.05) is 0 Å². The summed E-state index contributed by atoms with van der Waals surface area (Å²) in [6.07, 6.45) is 0. The fraction of sp³-hybridized carbons (Fsp3) is 0. The molecule has 0 aliphatic heterocycles. The number of hydrogen-bond donors (Lipinski definition) is 2. The zero-order valence-electron chi connectivity index (χ0n) is 8.86. The first-order valence-electron chi connectivity index (χ1n) is 4.78. The summed E-state index contributed by atoms with van der Waals surface area (Å²) < 4.78 is 8.55. The number of benzene rings is 1.